The van der Waals surface area contributed by atoms with Crippen molar-refractivity contribution in [2.24, 2.45) is 5.92 Å². The number of nitrogens with one attached hydrogen (secondary N) is 1. The van der Waals surface area contributed by atoms with E-state index in [0.29, 0.717) is 44.1 Å². The van der Waals surface area contributed by atoms with Gasteiger partial charge in [-0.15, -0.1) is 0 Å². The number of piperazine rings is 1. The number of amides is 2. The maximum atomic E-state index is 12.8. The summed E-state index contributed by atoms with van der Waals surface area (Å²) in [6, 6.07) is 11.2. The number of benzene rings is 1. The highest BCUT2D eigenvalue weighted by atomic mass is 16.5. The number of hydrogen-bond acceptors (Lipinski definition) is 5. The van der Waals surface area contributed by atoms with Crippen molar-refractivity contribution in [3.05, 3.63) is 53.7 Å². The summed E-state index contributed by atoms with van der Waals surface area (Å²) in [5.41, 5.74) is 1.54. The Kier molecular flexibility index (Phi) is 7.27. The van der Waals surface area contributed by atoms with E-state index in [9.17, 15) is 9.59 Å². The number of pyridine rings is 1. The van der Waals surface area contributed by atoms with Gasteiger partial charge in [0.2, 0.25) is 5.91 Å². The molecule has 7 nitrogen and oxygen atoms in total. The van der Waals surface area contributed by atoms with E-state index in [1.165, 1.54) is 0 Å². The van der Waals surface area contributed by atoms with Gasteiger partial charge in [0.1, 0.15) is 11.6 Å². The monoisotopic (exact) mass is 410 g/mol. The van der Waals surface area contributed by atoms with Crippen molar-refractivity contribution in [3.63, 3.8) is 0 Å². The molecule has 1 aliphatic heterocycles. The maximum absolute atomic E-state index is 12.8. The predicted molar refractivity (Wildman–Crippen MR) is 117 cm³/mol. The number of rotatable bonds is 7. The second-order valence-corrected chi connectivity index (χ2v) is 7.53. The normalized spacial score (nSPS) is 14.9. The van der Waals surface area contributed by atoms with Crippen LogP contribution in [-0.4, -0.2) is 55.0 Å². The van der Waals surface area contributed by atoms with E-state index in [1.54, 1.807) is 25.4 Å². The molecule has 2 heterocycles. The molecule has 1 aliphatic rings. The number of carbonyl (C=O) groups excluding carboxylic acids is 2. The minimum absolute atomic E-state index is 0.0469. The van der Waals surface area contributed by atoms with Crippen molar-refractivity contribution in [2.75, 3.05) is 38.2 Å². The van der Waals surface area contributed by atoms with Crippen molar-refractivity contribution >= 4 is 17.6 Å². The number of methoxy groups -OCH3 is 1. The molecule has 30 heavy (non-hydrogen) atoms. The van der Waals surface area contributed by atoms with Crippen molar-refractivity contribution in [2.45, 2.75) is 26.8 Å². The standard InChI is InChI=1S/C23H30N4O3/c1-4-17(2)23(29)27-14-12-26(13-15-27)21-20(6-5-11-24-21)22(28)25-16-18-7-9-19(30-3)10-8-18/h5-11,17H,4,12-16H2,1-3H3,(H,25,28)/t17-/m1/s1. The molecule has 0 unspecified atom stereocenters. The number of carbonyl (C=O) groups is 2. The van der Waals surface area contributed by atoms with E-state index >= 15 is 0 Å². The number of anilines is 1. The zero-order valence-electron chi connectivity index (χ0n) is 17.9. The van der Waals surface area contributed by atoms with E-state index in [0.717, 1.165) is 17.7 Å². The second-order valence-electron chi connectivity index (χ2n) is 7.53. The molecule has 3 rings (SSSR count). The first-order valence-electron chi connectivity index (χ1n) is 10.4. The lowest BCUT2D eigenvalue weighted by Gasteiger charge is -2.37. The summed E-state index contributed by atoms with van der Waals surface area (Å²) >= 11 is 0. The van der Waals surface area contributed by atoms with Crippen LogP contribution >= 0.6 is 0 Å². The lowest BCUT2D eigenvalue weighted by Crippen LogP contribution is -2.50. The first-order valence-corrected chi connectivity index (χ1v) is 10.4. The SMILES string of the molecule is CC[C@@H](C)C(=O)N1CCN(c2ncccc2C(=O)NCc2ccc(OC)cc2)CC1. The zero-order valence-corrected chi connectivity index (χ0v) is 17.9. The molecule has 1 saturated heterocycles. The third kappa shape index (κ3) is 5.09. The first-order chi connectivity index (χ1) is 14.5. The highest BCUT2D eigenvalue weighted by Crippen LogP contribution is 2.20. The number of nitrogens with zero attached hydrogens (tertiary/aromatic N) is 3. The van der Waals surface area contributed by atoms with Gasteiger partial charge in [-0.25, -0.2) is 4.98 Å². The largest absolute Gasteiger partial charge is 0.497 e. The summed E-state index contributed by atoms with van der Waals surface area (Å²) in [5, 5.41) is 2.97. The van der Waals surface area contributed by atoms with Gasteiger partial charge < -0.3 is 19.9 Å². The topological polar surface area (TPSA) is 74.8 Å². The van der Waals surface area contributed by atoms with Crippen LogP contribution in [0, 0.1) is 5.92 Å². The van der Waals surface area contributed by atoms with Crippen LogP contribution in [0.15, 0.2) is 42.6 Å². The molecule has 1 atom stereocenters. The van der Waals surface area contributed by atoms with Crippen molar-refractivity contribution < 1.29 is 14.3 Å². The molecule has 1 aromatic heterocycles. The van der Waals surface area contributed by atoms with Crippen LogP contribution in [0.2, 0.25) is 0 Å². The molecule has 1 fully saturated rings. The molecule has 1 N–H and O–H groups in total. The van der Waals surface area contributed by atoms with Crippen molar-refractivity contribution in [3.8, 4) is 5.75 Å². The Balaban J connectivity index is 1.62. The quantitative estimate of drug-likeness (QED) is 0.760. The molecule has 0 spiro atoms. The molecule has 0 aliphatic carbocycles. The highest BCUT2D eigenvalue weighted by Gasteiger charge is 2.26. The summed E-state index contributed by atoms with van der Waals surface area (Å²) in [5.74, 6) is 1.54. The number of ether oxygens (including phenoxy) is 1. The number of aromatic nitrogens is 1. The third-order valence-corrected chi connectivity index (χ3v) is 5.57. The van der Waals surface area contributed by atoms with E-state index in [-0.39, 0.29) is 17.7 Å². The lowest BCUT2D eigenvalue weighted by molar-refractivity contribution is -0.135. The molecule has 2 aromatic rings. The minimum Gasteiger partial charge on any atom is -0.497 e. The van der Waals surface area contributed by atoms with Gasteiger partial charge in [-0.2, -0.15) is 0 Å². The van der Waals surface area contributed by atoms with Crippen molar-refractivity contribution in [1.82, 2.24) is 15.2 Å². The Morgan fingerprint density at radius 1 is 1.13 bits per heavy atom. The Hall–Kier alpha value is -3.09. The smallest absolute Gasteiger partial charge is 0.255 e. The average Bonchev–Trinajstić information content (AvgIpc) is 2.82. The first kappa shape index (κ1) is 21.6. The Labute approximate surface area is 178 Å². The summed E-state index contributed by atoms with van der Waals surface area (Å²) in [7, 11) is 1.63. The van der Waals surface area contributed by atoms with Gasteiger partial charge in [0.15, 0.2) is 0 Å². The average molecular weight is 411 g/mol. The van der Waals surface area contributed by atoms with E-state index in [2.05, 4.69) is 15.2 Å². The van der Waals surface area contributed by atoms with Gasteiger partial charge in [0.25, 0.3) is 5.91 Å². The zero-order chi connectivity index (χ0) is 21.5. The Bertz CT molecular complexity index is 861. The Morgan fingerprint density at radius 3 is 2.47 bits per heavy atom. The summed E-state index contributed by atoms with van der Waals surface area (Å²) in [6.07, 6.45) is 2.55. The lowest BCUT2D eigenvalue weighted by atomic mass is 10.1. The Morgan fingerprint density at radius 2 is 1.83 bits per heavy atom. The van der Waals surface area contributed by atoms with Gasteiger partial charge in [-0.05, 0) is 36.2 Å². The number of hydrogen-bond donors (Lipinski definition) is 1. The fourth-order valence-electron chi connectivity index (χ4n) is 3.47. The van der Waals surface area contributed by atoms with E-state index in [1.807, 2.05) is 43.0 Å². The molecule has 7 heteroatoms. The molecule has 0 bridgehead atoms. The van der Waals surface area contributed by atoms with Gasteiger partial charge in [0, 0.05) is 44.8 Å². The summed E-state index contributed by atoms with van der Waals surface area (Å²) in [6.45, 7) is 7.05. The van der Waals surface area contributed by atoms with Crippen molar-refractivity contribution in [1.29, 1.82) is 0 Å². The molecular formula is C23H30N4O3. The van der Waals surface area contributed by atoms with Gasteiger partial charge >= 0.3 is 0 Å². The highest BCUT2D eigenvalue weighted by molar-refractivity contribution is 5.98. The summed E-state index contributed by atoms with van der Waals surface area (Å²) in [4.78, 5) is 33.7. The molecule has 0 saturated carbocycles. The van der Waals surface area contributed by atoms with Crippen LogP contribution in [-0.2, 0) is 11.3 Å². The van der Waals surface area contributed by atoms with Crippen LogP contribution < -0.4 is 15.0 Å². The summed E-state index contributed by atoms with van der Waals surface area (Å²) < 4.78 is 5.16. The maximum Gasteiger partial charge on any atom is 0.255 e. The van der Waals surface area contributed by atoms with Crippen LogP contribution in [0.4, 0.5) is 5.82 Å². The fraction of sp³-hybridized carbons (Fsp3) is 0.435. The van der Waals surface area contributed by atoms with Gasteiger partial charge in [-0.3, -0.25) is 9.59 Å². The van der Waals surface area contributed by atoms with Gasteiger partial charge in [-0.1, -0.05) is 26.0 Å². The van der Waals surface area contributed by atoms with Crippen LogP contribution in [0.25, 0.3) is 0 Å². The molecular weight excluding hydrogens is 380 g/mol. The van der Waals surface area contributed by atoms with E-state index in [4.69, 9.17) is 4.74 Å². The molecule has 0 radical (unpaired) electrons. The second kappa shape index (κ2) is 10.1. The van der Waals surface area contributed by atoms with Gasteiger partial charge in [0.05, 0.1) is 12.7 Å². The minimum atomic E-state index is -0.160. The third-order valence-electron chi connectivity index (χ3n) is 5.57. The molecule has 1 aromatic carbocycles. The fourth-order valence-corrected chi connectivity index (χ4v) is 3.47. The van der Waals surface area contributed by atoms with Crippen LogP contribution in [0.1, 0.15) is 36.2 Å². The van der Waals surface area contributed by atoms with Crippen LogP contribution in [0.3, 0.4) is 0 Å². The molecule has 2 amide bonds. The molecule has 160 valence electrons. The predicted octanol–water partition coefficient (Wildman–Crippen LogP) is 2.71. The van der Waals surface area contributed by atoms with Crippen LogP contribution in [0.5, 0.6) is 5.75 Å². The van der Waals surface area contributed by atoms with E-state index < -0.39 is 0 Å².